The van der Waals surface area contributed by atoms with Crippen molar-refractivity contribution in [3.63, 3.8) is 0 Å². The average molecular weight is 262 g/mol. The average Bonchev–Trinajstić information content (AvgIpc) is 2.56. The van der Waals surface area contributed by atoms with Gasteiger partial charge in [-0.2, -0.15) is 0 Å². The summed E-state index contributed by atoms with van der Waals surface area (Å²) in [6.45, 7) is 3.82. The van der Waals surface area contributed by atoms with E-state index in [4.69, 9.17) is 4.74 Å². The summed E-state index contributed by atoms with van der Waals surface area (Å²) in [5.74, 6) is 0. The van der Waals surface area contributed by atoms with Crippen LogP contribution in [0.4, 0.5) is 0 Å². The Kier molecular flexibility index (Phi) is 3.83. The van der Waals surface area contributed by atoms with E-state index in [1.165, 1.54) is 11.1 Å². The molecule has 2 aromatic carbocycles. The lowest BCUT2D eigenvalue weighted by atomic mass is 9.91. The molecule has 2 aromatic rings. The Morgan fingerprint density at radius 2 is 1.50 bits per heavy atom. The van der Waals surface area contributed by atoms with E-state index in [0.717, 1.165) is 18.4 Å². The van der Waals surface area contributed by atoms with Gasteiger partial charge in [0.15, 0.2) is 0 Å². The zero-order valence-electron chi connectivity index (χ0n) is 11.5. The van der Waals surface area contributed by atoms with Crippen LogP contribution in [0.1, 0.15) is 36.2 Å². The minimum Gasteiger partial charge on any atom is -0.361 e. The molecule has 1 heteroatoms. The van der Waals surface area contributed by atoms with E-state index in [1.54, 1.807) is 0 Å². The van der Waals surface area contributed by atoms with Crippen LogP contribution in [0.3, 0.4) is 0 Å². The van der Waals surface area contributed by atoms with E-state index in [9.17, 15) is 0 Å². The Bertz CT molecular complexity index is 609. The molecule has 1 aliphatic heterocycles. The van der Waals surface area contributed by atoms with Crippen molar-refractivity contribution in [3.8, 4) is 0 Å². The largest absolute Gasteiger partial charge is 0.361 e. The summed E-state index contributed by atoms with van der Waals surface area (Å²) in [6, 6.07) is 20.8. The zero-order chi connectivity index (χ0) is 13.8. The van der Waals surface area contributed by atoms with Gasteiger partial charge in [-0.3, -0.25) is 0 Å². The Hall–Kier alpha value is -2.08. The SMILES string of the molecule is C=C=C1CC[C@H](c2ccccc2)O[C@@H]1c1ccccc1. The zero-order valence-corrected chi connectivity index (χ0v) is 11.5. The van der Waals surface area contributed by atoms with E-state index >= 15 is 0 Å². The minimum atomic E-state index is -0.0207. The highest BCUT2D eigenvalue weighted by Gasteiger charge is 2.28. The van der Waals surface area contributed by atoms with Crippen LogP contribution >= 0.6 is 0 Å². The Morgan fingerprint density at radius 3 is 2.10 bits per heavy atom. The predicted octanol–water partition coefficient (Wildman–Crippen LogP) is 4.99. The summed E-state index contributed by atoms with van der Waals surface area (Å²) in [4.78, 5) is 0. The van der Waals surface area contributed by atoms with E-state index < -0.39 is 0 Å². The fourth-order valence-electron chi connectivity index (χ4n) is 2.73. The first-order valence-corrected chi connectivity index (χ1v) is 7.02. The summed E-state index contributed by atoms with van der Waals surface area (Å²) in [5, 5.41) is 0. The van der Waals surface area contributed by atoms with E-state index in [0.29, 0.717) is 0 Å². The van der Waals surface area contributed by atoms with Gasteiger partial charge in [0.1, 0.15) is 6.10 Å². The van der Waals surface area contributed by atoms with Crippen LogP contribution in [-0.2, 0) is 4.74 Å². The third-order valence-corrected chi connectivity index (χ3v) is 3.79. The molecule has 0 radical (unpaired) electrons. The molecule has 0 amide bonds. The van der Waals surface area contributed by atoms with Crippen LogP contribution in [0.15, 0.2) is 78.5 Å². The van der Waals surface area contributed by atoms with Crippen molar-refractivity contribution in [1.82, 2.24) is 0 Å². The highest BCUT2D eigenvalue weighted by atomic mass is 16.5. The molecule has 0 unspecified atom stereocenters. The number of hydrogen-bond acceptors (Lipinski definition) is 1. The molecule has 100 valence electrons. The maximum Gasteiger partial charge on any atom is 0.112 e. The fraction of sp³-hybridized carbons (Fsp3) is 0.211. The Labute approximate surface area is 120 Å². The molecular weight excluding hydrogens is 244 g/mol. The van der Waals surface area contributed by atoms with Crippen molar-refractivity contribution in [1.29, 1.82) is 0 Å². The number of hydrogen-bond donors (Lipinski definition) is 0. The van der Waals surface area contributed by atoms with Crippen LogP contribution in [0, 0.1) is 0 Å². The van der Waals surface area contributed by atoms with Gasteiger partial charge in [-0.05, 0) is 24.0 Å². The van der Waals surface area contributed by atoms with Crippen molar-refractivity contribution in [2.24, 2.45) is 0 Å². The molecule has 0 aliphatic carbocycles. The van der Waals surface area contributed by atoms with Crippen LogP contribution in [0.5, 0.6) is 0 Å². The summed E-state index contributed by atoms with van der Waals surface area (Å²) in [7, 11) is 0. The third kappa shape index (κ3) is 2.60. The monoisotopic (exact) mass is 262 g/mol. The molecule has 1 saturated heterocycles. The maximum atomic E-state index is 6.32. The van der Waals surface area contributed by atoms with Crippen LogP contribution < -0.4 is 0 Å². The second-order valence-electron chi connectivity index (χ2n) is 5.07. The standard InChI is InChI=1S/C19H18O/c1-2-15-13-14-18(16-9-5-3-6-10-16)20-19(15)17-11-7-4-8-12-17/h3-12,18-19H,1,13-14H2/t18-,19+/m1/s1. The first-order chi connectivity index (χ1) is 9.88. The molecule has 0 N–H and O–H groups in total. The molecule has 1 aliphatic rings. The first kappa shape index (κ1) is 12.9. The van der Waals surface area contributed by atoms with Crippen LogP contribution in [0.2, 0.25) is 0 Å². The molecule has 20 heavy (non-hydrogen) atoms. The lowest BCUT2D eigenvalue weighted by molar-refractivity contribution is -0.0220. The summed E-state index contributed by atoms with van der Waals surface area (Å²) in [6.07, 6.45) is 2.11. The van der Waals surface area contributed by atoms with Gasteiger partial charge >= 0.3 is 0 Å². The minimum absolute atomic E-state index is 0.0207. The highest BCUT2D eigenvalue weighted by molar-refractivity contribution is 5.28. The molecule has 1 heterocycles. The summed E-state index contributed by atoms with van der Waals surface area (Å²) >= 11 is 0. The molecule has 0 bridgehead atoms. The lowest BCUT2D eigenvalue weighted by Gasteiger charge is -2.32. The van der Waals surface area contributed by atoms with E-state index in [2.05, 4.69) is 48.7 Å². The second-order valence-corrected chi connectivity index (χ2v) is 5.07. The van der Waals surface area contributed by atoms with Crippen LogP contribution in [-0.4, -0.2) is 0 Å². The van der Waals surface area contributed by atoms with Gasteiger partial charge in [0.05, 0.1) is 6.10 Å². The molecule has 0 spiro atoms. The third-order valence-electron chi connectivity index (χ3n) is 3.79. The quantitative estimate of drug-likeness (QED) is 0.693. The normalized spacial score (nSPS) is 22.3. The van der Waals surface area contributed by atoms with Gasteiger partial charge < -0.3 is 4.74 Å². The molecule has 2 atom stereocenters. The molecule has 1 nitrogen and oxygen atoms in total. The van der Waals surface area contributed by atoms with Crippen molar-refractivity contribution in [2.75, 3.05) is 0 Å². The van der Waals surface area contributed by atoms with Crippen LogP contribution in [0.25, 0.3) is 0 Å². The number of ether oxygens (including phenoxy) is 1. The van der Waals surface area contributed by atoms with Crippen molar-refractivity contribution in [3.05, 3.63) is 89.7 Å². The first-order valence-electron chi connectivity index (χ1n) is 7.02. The van der Waals surface area contributed by atoms with Crippen molar-refractivity contribution >= 4 is 0 Å². The molecule has 0 saturated carbocycles. The van der Waals surface area contributed by atoms with Gasteiger partial charge in [-0.15, -0.1) is 5.73 Å². The second kappa shape index (κ2) is 5.92. The molecular formula is C19H18O. The van der Waals surface area contributed by atoms with Crippen molar-refractivity contribution in [2.45, 2.75) is 25.0 Å². The van der Waals surface area contributed by atoms with Gasteiger partial charge in [-0.1, -0.05) is 67.2 Å². The Balaban J connectivity index is 1.89. The van der Waals surface area contributed by atoms with E-state index in [-0.39, 0.29) is 12.2 Å². The number of rotatable bonds is 2. The number of benzene rings is 2. The molecule has 3 rings (SSSR count). The predicted molar refractivity (Wildman–Crippen MR) is 81.3 cm³/mol. The fourth-order valence-corrected chi connectivity index (χ4v) is 2.73. The smallest absolute Gasteiger partial charge is 0.112 e. The Morgan fingerprint density at radius 1 is 0.900 bits per heavy atom. The van der Waals surface area contributed by atoms with Gasteiger partial charge in [0.25, 0.3) is 0 Å². The maximum absolute atomic E-state index is 6.32. The summed E-state index contributed by atoms with van der Waals surface area (Å²) < 4.78 is 6.32. The molecule has 0 aromatic heterocycles. The topological polar surface area (TPSA) is 9.23 Å². The highest BCUT2D eigenvalue weighted by Crippen LogP contribution is 2.41. The van der Waals surface area contributed by atoms with Gasteiger partial charge in [0.2, 0.25) is 0 Å². The summed E-state index contributed by atoms with van der Waals surface area (Å²) in [5.41, 5.74) is 6.65. The van der Waals surface area contributed by atoms with Gasteiger partial charge in [-0.25, -0.2) is 0 Å². The van der Waals surface area contributed by atoms with E-state index in [1.807, 2.05) is 24.3 Å². The lowest BCUT2D eigenvalue weighted by Crippen LogP contribution is -2.18. The molecule has 1 fully saturated rings. The van der Waals surface area contributed by atoms with Crippen molar-refractivity contribution < 1.29 is 4.74 Å². The van der Waals surface area contributed by atoms with Gasteiger partial charge in [0, 0.05) is 5.57 Å².